The number of ether oxygens (including phenoxy) is 2. The van der Waals surface area contributed by atoms with Crippen molar-refractivity contribution in [2.24, 2.45) is 5.92 Å². The number of morpholine rings is 1. The highest BCUT2D eigenvalue weighted by Gasteiger charge is 2.32. The summed E-state index contributed by atoms with van der Waals surface area (Å²) in [7, 11) is 0. The molecule has 2 unspecified atom stereocenters. The molecule has 0 bridgehead atoms. The Morgan fingerprint density at radius 3 is 2.80 bits per heavy atom. The molecule has 2 aliphatic rings. The summed E-state index contributed by atoms with van der Waals surface area (Å²) in [5.41, 5.74) is 3.56. The van der Waals surface area contributed by atoms with Crippen molar-refractivity contribution in [1.29, 1.82) is 0 Å². The maximum Gasteiger partial charge on any atom is 0.253 e. The Morgan fingerprint density at radius 2 is 2.00 bits per heavy atom. The molecule has 1 N–H and O–H groups in total. The van der Waals surface area contributed by atoms with Gasteiger partial charge in [0.05, 0.1) is 19.8 Å². The van der Waals surface area contributed by atoms with Crippen molar-refractivity contribution < 1.29 is 14.3 Å². The monoisotopic (exact) mass is 496 g/mol. The number of nitrogens with zero attached hydrogens (tertiary/aromatic N) is 5. The lowest BCUT2D eigenvalue weighted by molar-refractivity contribution is 0.00166. The molecule has 0 spiro atoms. The lowest BCUT2D eigenvalue weighted by Crippen LogP contribution is -2.52. The van der Waals surface area contributed by atoms with Crippen LogP contribution >= 0.6 is 11.8 Å². The summed E-state index contributed by atoms with van der Waals surface area (Å²) < 4.78 is 13.0. The number of thioether (sulfide) groups is 1. The quantitative estimate of drug-likeness (QED) is 0.476. The minimum absolute atomic E-state index is 0.0468. The summed E-state index contributed by atoms with van der Waals surface area (Å²) in [6, 6.07) is 10.00. The average molecular weight is 497 g/mol. The van der Waals surface area contributed by atoms with Crippen LogP contribution in [0.1, 0.15) is 33.7 Å². The van der Waals surface area contributed by atoms with Crippen molar-refractivity contribution in [3.05, 3.63) is 52.8 Å². The zero-order valence-corrected chi connectivity index (χ0v) is 21.1. The lowest BCUT2D eigenvalue weighted by atomic mass is 9.96. The van der Waals surface area contributed by atoms with Gasteiger partial charge in [-0.2, -0.15) is 4.98 Å². The molecule has 0 saturated carbocycles. The second kappa shape index (κ2) is 11.0. The van der Waals surface area contributed by atoms with E-state index in [0.717, 1.165) is 62.9 Å². The third-order valence-corrected chi connectivity index (χ3v) is 7.60. The Kier molecular flexibility index (Phi) is 7.62. The van der Waals surface area contributed by atoms with E-state index in [0.29, 0.717) is 34.7 Å². The zero-order chi connectivity index (χ0) is 24.2. The molecule has 9 nitrogen and oxygen atoms in total. The number of aryl methyl sites for hydroxylation is 2. The topological polar surface area (TPSA) is 93.9 Å². The van der Waals surface area contributed by atoms with Crippen LogP contribution in [-0.2, 0) is 15.2 Å². The van der Waals surface area contributed by atoms with Crippen LogP contribution in [0.5, 0.6) is 0 Å². The highest BCUT2D eigenvalue weighted by Crippen LogP contribution is 2.24. The molecular formula is C25H32N6O3S. The molecule has 0 radical (unpaired) electrons. The molecule has 2 aromatic heterocycles. The van der Waals surface area contributed by atoms with E-state index in [4.69, 9.17) is 9.47 Å². The fraction of sp³-hybridized carbons (Fsp3) is 0.520. The number of fused-ring (bicyclic) bond motifs is 1. The largest absolute Gasteiger partial charge is 0.381 e. The second-order valence-corrected chi connectivity index (χ2v) is 10.1. The van der Waals surface area contributed by atoms with Crippen LogP contribution in [0.15, 0.2) is 35.5 Å². The number of aromatic nitrogens is 4. The van der Waals surface area contributed by atoms with Crippen LogP contribution < -0.4 is 5.32 Å². The molecule has 35 heavy (non-hydrogen) atoms. The first-order valence-electron chi connectivity index (χ1n) is 12.2. The normalized spacial score (nSPS) is 19.8. The predicted octanol–water partition coefficient (Wildman–Crippen LogP) is 2.50. The summed E-state index contributed by atoms with van der Waals surface area (Å²) in [5, 5.41) is 8.44. The smallest absolute Gasteiger partial charge is 0.253 e. The van der Waals surface area contributed by atoms with Gasteiger partial charge in [0.2, 0.25) is 5.16 Å². The minimum Gasteiger partial charge on any atom is -0.381 e. The number of carbonyl (C=O) groups excluding carboxylic acids is 1. The fourth-order valence-electron chi connectivity index (χ4n) is 4.87. The summed E-state index contributed by atoms with van der Waals surface area (Å²) in [6.07, 6.45) is 1.03. The van der Waals surface area contributed by atoms with Crippen molar-refractivity contribution in [3.63, 3.8) is 0 Å². The van der Waals surface area contributed by atoms with Crippen LogP contribution in [-0.4, -0.2) is 82.5 Å². The van der Waals surface area contributed by atoms with Crippen molar-refractivity contribution >= 4 is 23.4 Å². The molecule has 4 heterocycles. The van der Waals surface area contributed by atoms with E-state index < -0.39 is 0 Å². The van der Waals surface area contributed by atoms with E-state index in [2.05, 4.69) is 25.3 Å². The summed E-state index contributed by atoms with van der Waals surface area (Å²) in [6.45, 7) is 9.36. The van der Waals surface area contributed by atoms with Gasteiger partial charge in [0.1, 0.15) is 0 Å². The SMILES string of the molecule is Cc1cc(C)n2nc(SCc3ccccc3C(=O)NCC(C3CCOC3)N3CCOCC3)nc2n1. The summed E-state index contributed by atoms with van der Waals surface area (Å²) >= 11 is 1.51. The van der Waals surface area contributed by atoms with Crippen LogP contribution in [0.4, 0.5) is 0 Å². The van der Waals surface area contributed by atoms with Crippen molar-refractivity contribution in [3.8, 4) is 0 Å². The van der Waals surface area contributed by atoms with E-state index in [-0.39, 0.29) is 11.9 Å². The first-order valence-corrected chi connectivity index (χ1v) is 13.2. The zero-order valence-electron chi connectivity index (χ0n) is 20.3. The summed E-state index contributed by atoms with van der Waals surface area (Å²) in [4.78, 5) is 24.7. The van der Waals surface area contributed by atoms with Crippen molar-refractivity contribution in [2.75, 3.05) is 46.1 Å². The third kappa shape index (κ3) is 5.66. The molecule has 2 atom stereocenters. The van der Waals surface area contributed by atoms with Crippen molar-refractivity contribution in [2.45, 2.75) is 37.2 Å². The van der Waals surface area contributed by atoms with Gasteiger partial charge in [-0.25, -0.2) is 9.50 Å². The van der Waals surface area contributed by atoms with Gasteiger partial charge in [0.15, 0.2) is 0 Å². The molecule has 2 saturated heterocycles. The number of benzene rings is 1. The number of hydrogen-bond donors (Lipinski definition) is 1. The van der Waals surface area contributed by atoms with Gasteiger partial charge < -0.3 is 14.8 Å². The molecule has 1 amide bonds. The molecule has 10 heteroatoms. The first kappa shape index (κ1) is 24.2. The van der Waals surface area contributed by atoms with E-state index in [1.165, 1.54) is 11.8 Å². The van der Waals surface area contributed by atoms with Crippen LogP contribution in [0.25, 0.3) is 5.78 Å². The number of rotatable bonds is 8. The molecule has 2 fully saturated rings. The van der Waals surface area contributed by atoms with E-state index in [1.807, 2.05) is 44.2 Å². The number of nitrogens with one attached hydrogen (secondary N) is 1. The Bertz CT molecular complexity index is 1170. The Morgan fingerprint density at radius 1 is 1.17 bits per heavy atom. The highest BCUT2D eigenvalue weighted by atomic mass is 32.2. The number of carbonyl (C=O) groups is 1. The van der Waals surface area contributed by atoms with E-state index in [1.54, 1.807) is 4.52 Å². The number of hydrogen-bond acceptors (Lipinski definition) is 8. The van der Waals surface area contributed by atoms with Crippen LogP contribution in [0.2, 0.25) is 0 Å². The molecule has 186 valence electrons. The average Bonchev–Trinajstić information content (AvgIpc) is 3.54. The molecular weight excluding hydrogens is 464 g/mol. The maximum atomic E-state index is 13.3. The Balaban J connectivity index is 1.25. The molecule has 1 aromatic carbocycles. The maximum absolute atomic E-state index is 13.3. The number of amides is 1. The van der Waals surface area contributed by atoms with Crippen LogP contribution in [0, 0.1) is 19.8 Å². The van der Waals surface area contributed by atoms with E-state index >= 15 is 0 Å². The summed E-state index contributed by atoms with van der Waals surface area (Å²) in [5.74, 6) is 1.58. The highest BCUT2D eigenvalue weighted by molar-refractivity contribution is 7.98. The van der Waals surface area contributed by atoms with E-state index in [9.17, 15) is 4.79 Å². The van der Waals surface area contributed by atoms with Gasteiger partial charge in [-0.1, -0.05) is 30.0 Å². The molecule has 3 aromatic rings. The van der Waals surface area contributed by atoms with Gasteiger partial charge in [0.25, 0.3) is 11.7 Å². The van der Waals surface area contributed by atoms with Gasteiger partial charge in [-0.05, 0) is 38.0 Å². The molecule has 5 rings (SSSR count). The first-order chi connectivity index (χ1) is 17.1. The van der Waals surface area contributed by atoms with Crippen molar-refractivity contribution in [1.82, 2.24) is 29.8 Å². The third-order valence-electron chi connectivity index (χ3n) is 6.71. The second-order valence-electron chi connectivity index (χ2n) is 9.14. The van der Waals surface area contributed by atoms with Crippen LogP contribution in [0.3, 0.4) is 0 Å². The Hall–Kier alpha value is -2.53. The molecule has 2 aliphatic heterocycles. The van der Waals surface area contributed by atoms with Gasteiger partial charge >= 0.3 is 0 Å². The minimum atomic E-state index is -0.0468. The standard InChI is InChI=1S/C25H32N6O3S/c1-17-13-18(2)31-24(27-17)28-25(29-31)35-16-20-5-3-4-6-21(20)23(32)26-14-22(19-7-10-34-15-19)30-8-11-33-12-9-30/h3-6,13,19,22H,7-12,14-16H2,1-2H3,(H,26,32). The van der Waals surface area contributed by atoms with Gasteiger partial charge in [-0.15, -0.1) is 5.10 Å². The fourth-order valence-corrected chi connectivity index (χ4v) is 5.69. The molecule has 0 aliphatic carbocycles. The van der Waals surface area contributed by atoms with Gasteiger partial charge in [0, 0.05) is 60.9 Å². The Labute approximate surface area is 209 Å². The van der Waals surface area contributed by atoms with Gasteiger partial charge in [-0.3, -0.25) is 9.69 Å². The predicted molar refractivity (Wildman–Crippen MR) is 134 cm³/mol. The lowest BCUT2D eigenvalue weighted by Gasteiger charge is -2.37.